The minimum Gasteiger partial charge on any atom is -0.494 e. The molecule has 3 fully saturated rings. The summed E-state index contributed by atoms with van der Waals surface area (Å²) in [5.41, 5.74) is 18.1. The second-order valence-corrected chi connectivity index (χ2v) is 13.0. The van der Waals surface area contributed by atoms with Gasteiger partial charge in [0.05, 0.1) is 24.5 Å². The van der Waals surface area contributed by atoms with Gasteiger partial charge in [-0.05, 0) is 67.3 Å². The number of benzene rings is 2. The van der Waals surface area contributed by atoms with Gasteiger partial charge >= 0.3 is 0 Å². The summed E-state index contributed by atoms with van der Waals surface area (Å²) in [6, 6.07) is 12.6. The van der Waals surface area contributed by atoms with Gasteiger partial charge in [-0.25, -0.2) is 4.98 Å². The van der Waals surface area contributed by atoms with Crippen LogP contribution in [-0.2, 0) is 24.9 Å². The molecule has 2 aliphatic carbocycles. The van der Waals surface area contributed by atoms with Gasteiger partial charge in [0, 0.05) is 73.4 Å². The van der Waals surface area contributed by atoms with Crippen LogP contribution < -0.4 is 16.2 Å². The Labute approximate surface area is 260 Å². The first-order valence-electron chi connectivity index (χ1n) is 15.8. The minimum atomic E-state index is -0.343. The fourth-order valence-corrected chi connectivity index (χ4v) is 7.50. The monoisotopic (exact) mass is 606 g/mol. The van der Waals surface area contributed by atoms with Crippen molar-refractivity contribution in [3.63, 3.8) is 0 Å². The largest absolute Gasteiger partial charge is 0.494 e. The average molecular weight is 607 g/mol. The zero-order valence-electron chi connectivity index (χ0n) is 25.6. The second-order valence-electron chi connectivity index (χ2n) is 13.0. The number of fused-ring (bicyclic) bond motifs is 4. The molecule has 4 N–H and O–H groups in total. The third-order valence-electron chi connectivity index (χ3n) is 10.1. The molecule has 2 bridgehead atoms. The first kappa shape index (κ1) is 27.9. The number of piperidine rings is 1. The Morgan fingerprint density at radius 3 is 2.62 bits per heavy atom. The molecule has 4 heterocycles. The molecule has 232 valence electrons. The lowest BCUT2D eigenvalue weighted by Crippen LogP contribution is -2.41. The van der Waals surface area contributed by atoms with Crippen molar-refractivity contribution in [3.8, 4) is 28.4 Å². The number of amides is 2. The number of methoxy groups -OCH3 is 1. The van der Waals surface area contributed by atoms with Gasteiger partial charge in [-0.2, -0.15) is 5.10 Å². The number of hydrogen-bond acceptors (Lipinski definition) is 6. The van der Waals surface area contributed by atoms with Crippen LogP contribution in [0.25, 0.3) is 44.6 Å². The van der Waals surface area contributed by atoms with Crippen LogP contribution in [0.1, 0.15) is 42.5 Å². The zero-order chi connectivity index (χ0) is 31.0. The third kappa shape index (κ3) is 4.68. The smallest absolute Gasteiger partial charge is 0.254 e. The highest BCUT2D eigenvalue weighted by molar-refractivity contribution is 6.00. The predicted octanol–water partition coefficient (Wildman–Crippen LogP) is 3.91. The average Bonchev–Trinajstić information content (AvgIpc) is 3.34. The molecule has 8 rings (SSSR count). The number of ether oxygens (including phenoxy) is 1. The van der Waals surface area contributed by atoms with Gasteiger partial charge in [0.15, 0.2) is 5.82 Å². The van der Waals surface area contributed by atoms with Gasteiger partial charge in [-0.1, -0.05) is 12.1 Å². The molecule has 45 heavy (non-hydrogen) atoms. The summed E-state index contributed by atoms with van der Waals surface area (Å²) in [5, 5.41) is 5.56. The molecule has 1 saturated heterocycles. The molecule has 3 atom stereocenters. The van der Waals surface area contributed by atoms with Gasteiger partial charge in [0.2, 0.25) is 5.91 Å². The van der Waals surface area contributed by atoms with Gasteiger partial charge < -0.3 is 30.2 Å². The molecule has 3 aromatic heterocycles. The molecule has 2 amide bonds. The SMILES string of the molecule is COc1cc(C(=O)N2CC3CCC2C3N)cc2nc(-c3cc4ccc(-c5cnn(CCC(N)=O)c5)cc4n3CC3CC3)n(C)c12. The number of aromatic nitrogens is 5. The number of imidazole rings is 1. The molecule has 1 aliphatic heterocycles. The molecule has 0 radical (unpaired) electrons. The summed E-state index contributed by atoms with van der Waals surface area (Å²) in [6.45, 7) is 2.08. The van der Waals surface area contributed by atoms with Crippen molar-refractivity contribution in [1.29, 1.82) is 0 Å². The summed E-state index contributed by atoms with van der Waals surface area (Å²) in [4.78, 5) is 32.1. The van der Waals surface area contributed by atoms with E-state index in [0.717, 1.165) is 70.5 Å². The number of likely N-dealkylation sites (tertiary alicyclic amines) is 1. The quantitative estimate of drug-likeness (QED) is 0.261. The van der Waals surface area contributed by atoms with E-state index >= 15 is 0 Å². The van der Waals surface area contributed by atoms with Crippen molar-refractivity contribution in [1.82, 2.24) is 28.8 Å². The fraction of sp³-hybridized carbons (Fsp3) is 0.412. The Kier molecular flexibility index (Phi) is 6.49. The van der Waals surface area contributed by atoms with Crippen LogP contribution in [0.4, 0.5) is 0 Å². The molecule has 11 heteroatoms. The number of carbonyl (C=O) groups is 2. The predicted molar refractivity (Wildman–Crippen MR) is 171 cm³/mol. The van der Waals surface area contributed by atoms with Crippen LogP contribution in [-0.4, -0.2) is 66.4 Å². The maximum atomic E-state index is 13.7. The number of carbonyl (C=O) groups excluding carboxylic acids is 2. The number of rotatable bonds is 9. The summed E-state index contributed by atoms with van der Waals surface area (Å²) >= 11 is 0. The molecular weight excluding hydrogens is 568 g/mol. The lowest BCUT2D eigenvalue weighted by molar-refractivity contribution is -0.118. The molecule has 3 unspecified atom stereocenters. The van der Waals surface area contributed by atoms with Gasteiger partial charge in [0.25, 0.3) is 5.91 Å². The fourth-order valence-electron chi connectivity index (χ4n) is 7.50. The van der Waals surface area contributed by atoms with E-state index in [1.54, 1.807) is 11.8 Å². The molecular formula is C34H38N8O3. The molecule has 5 aromatic rings. The highest BCUT2D eigenvalue weighted by Gasteiger charge is 2.47. The van der Waals surface area contributed by atoms with Crippen LogP contribution in [0.15, 0.2) is 48.8 Å². The van der Waals surface area contributed by atoms with Crippen molar-refractivity contribution < 1.29 is 14.3 Å². The first-order chi connectivity index (χ1) is 21.8. The Bertz CT molecular complexity index is 1980. The number of nitrogens with zero attached hydrogens (tertiary/aromatic N) is 6. The van der Waals surface area contributed by atoms with Crippen LogP contribution in [0, 0.1) is 11.8 Å². The van der Waals surface area contributed by atoms with Gasteiger partial charge in [-0.15, -0.1) is 0 Å². The number of nitrogens with two attached hydrogens (primary N) is 2. The number of aryl methyl sites for hydroxylation is 2. The van der Waals surface area contributed by atoms with Crippen LogP contribution >= 0.6 is 0 Å². The van der Waals surface area contributed by atoms with E-state index in [2.05, 4.69) is 38.5 Å². The highest BCUT2D eigenvalue weighted by Crippen LogP contribution is 2.40. The zero-order valence-corrected chi connectivity index (χ0v) is 25.6. The van der Waals surface area contributed by atoms with E-state index in [1.165, 1.54) is 12.8 Å². The van der Waals surface area contributed by atoms with Crippen molar-refractivity contribution in [2.24, 2.45) is 30.4 Å². The van der Waals surface area contributed by atoms with E-state index in [-0.39, 0.29) is 30.3 Å². The van der Waals surface area contributed by atoms with E-state index < -0.39 is 0 Å². The molecule has 2 aromatic carbocycles. The van der Waals surface area contributed by atoms with Gasteiger partial charge in [-0.3, -0.25) is 14.3 Å². The Hall–Kier alpha value is -4.64. The van der Waals surface area contributed by atoms with E-state index in [1.807, 2.05) is 36.5 Å². The van der Waals surface area contributed by atoms with E-state index in [4.69, 9.17) is 21.2 Å². The van der Waals surface area contributed by atoms with Crippen molar-refractivity contribution in [3.05, 3.63) is 54.4 Å². The number of primary amides is 1. The van der Waals surface area contributed by atoms with Crippen LogP contribution in [0.5, 0.6) is 5.75 Å². The summed E-state index contributed by atoms with van der Waals surface area (Å²) in [7, 11) is 3.66. The normalized spacial score (nSPS) is 21.0. The maximum absolute atomic E-state index is 13.7. The summed E-state index contributed by atoms with van der Waals surface area (Å²) < 4.78 is 12.1. The topological polar surface area (TPSA) is 139 Å². The molecule has 0 spiro atoms. The van der Waals surface area contributed by atoms with Crippen LogP contribution in [0.2, 0.25) is 0 Å². The molecule has 3 aliphatic rings. The molecule has 2 saturated carbocycles. The first-order valence-corrected chi connectivity index (χ1v) is 15.8. The standard InChI is InChI=1S/C34H38N8O3/c1-39-32-25(11-23(14-29(32)45-2)34(44)42-18-22-7-8-26(42)31(22)36)38-33(39)28-13-21-6-5-20(12-27(21)41(28)16-19-3-4-19)24-15-37-40(17-24)10-9-30(35)43/h5-6,11-15,17,19,22,26,31H,3-4,7-10,16,18,36H2,1-2H3,(H2,35,43). The Morgan fingerprint density at radius 2 is 1.91 bits per heavy atom. The Balaban J connectivity index is 1.19. The lowest BCUT2D eigenvalue weighted by atomic mass is 10.1. The number of hydrogen-bond donors (Lipinski definition) is 2. The maximum Gasteiger partial charge on any atom is 0.254 e. The summed E-state index contributed by atoms with van der Waals surface area (Å²) in [5.74, 6) is 2.13. The third-order valence-corrected chi connectivity index (χ3v) is 10.1. The van der Waals surface area contributed by atoms with E-state index in [0.29, 0.717) is 29.7 Å². The van der Waals surface area contributed by atoms with Crippen molar-refractivity contribution >= 4 is 33.8 Å². The van der Waals surface area contributed by atoms with Crippen molar-refractivity contribution in [2.45, 2.75) is 57.3 Å². The van der Waals surface area contributed by atoms with Crippen molar-refractivity contribution in [2.75, 3.05) is 13.7 Å². The van der Waals surface area contributed by atoms with Gasteiger partial charge in [0.1, 0.15) is 11.3 Å². The summed E-state index contributed by atoms with van der Waals surface area (Å²) in [6.07, 6.45) is 8.53. The van der Waals surface area contributed by atoms with E-state index in [9.17, 15) is 9.59 Å². The Morgan fingerprint density at radius 1 is 1.07 bits per heavy atom. The minimum absolute atomic E-state index is 0.00150. The lowest BCUT2D eigenvalue weighted by Gasteiger charge is -2.27. The second kappa shape index (κ2) is 10.5. The highest BCUT2D eigenvalue weighted by atomic mass is 16.5. The van der Waals surface area contributed by atoms with Crippen LogP contribution in [0.3, 0.4) is 0 Å². The molecule has 11 nitrogen and oxygen atoms in total.